The molecule has 13 heteroatoms. The molecule has 1 amide bonds. The molecule has 3 atom stereocenters. The minimum atomic E-state index is -0.161. The number of amides is 1. The Hall–Kier alpha value is -4.42. The summed E-state index contributed by atoms with van der Waals surface area (Å²) in [5.74, 6) is 0.779. The Balaban J connectivity index is 1.23. The van der Waals surface area contributed by atoms with Gasteiger partial charge in [0, 0.05) is 47.6 Å². The number of carbonyl (C=O) groups excluding carboxylic acids is 2. The minimum Gasteiger partial charge on any atom is -0.383 e. The van der Waals surface area contributed by atoms with E-state index in [2.05, 4.69) is 35.6 Å². The summed E-state index contributed by atoms with van der Waals surface area (Å²) in [5.41, 5.74) is 9.61. The molecule has 8 rings (SSSR count). The molecule has 13 nitrogen and oxygen atoms in total. The van der Waals surface area contributed by atoms with E-state index in [1.165, 1.54) is 17.8 Å². The molecule has 0 spiro atoms. The molecule has 0 unspecified atom stereocenters. The Kier molecular flexibility index (Phi) is 4.75. The van der Waals surface area contributed by atoms with Crippen molar-refractivity contribution in [1.82, 2.24) is 44.6 Å². The topological polar surface area (TPSA) is 173 Å². The van der Waals surface area contributed by atoms with Crippen LogP contribution >= 0.6 is 0 Å². The fourth-order valence-corrected chi connectivity index (χ4v) is 5.71. The standard InChI is InChI=1S/C24H25N11O2/c1-11(36)18-19(12-4-15-6-16(5-12)34(15)23(37)21-28-10-29-33-21)32-22-17(9-30-35(22)20(18)25)13-7-26-24(27-8-13)31-14-2-3-14/h7-10,12,14-16H,2-6,25H2,1H3,(H,26,27,31)(H,28,29,33)/t12-,15+,16-. The van der Waals surface area contributed by atoms with Crippen molar-refractivity contribution in [3.8, 4) is 11.1 Å². The lowest BCUT2D eigenvalue weighted by molar-refractivity contribution is -0.0203. The van der Waals surface area contributed by atoms with Gasteiger partial charge in [0.25, 0.3) is 5.91 Å². The fraction of sp³-hybridized carbons (Fsp3) is 0.417. The number of nitrogens with zero attached hydrogens (tertiary/aromatic N) is 8. The van der Waals surface area contributed by atoms with Gasteiger partial charge in [0.15, 0.2) is 11.4 Å². The number of anilines is 2. The number of hydrogen-bond acceptors (Lipinski definition) is 10. The first kappa shape index (κ1) is 21.8. The number of rotatable bonds is 6. The number of fused-ring (bicyclic) bond motifs is 3. The van der Waals surface area contributed by atoms with Gasteiger partial charge >= 0.3 is 0 Å². The molecular formula is C24H25N11O2. The molecule has 2 aliphatic heterocycles. The minimum absolute atomic E-state index is 0.0159. The van der Waals surface area contributed by atoms with Gasteiger partial charge in [0.2, 0.25) is 11.8 Å². The number of piperidine rings is 1. The van der Waals surface area contributed by atoms with E-state index in [1.54, 1.807) is 18.6 Å². The number of nitrogens with two attached hydrogens (primary N) is 1. The number of ketones is 1. The van der Waals surface area contributed by atoms with Gasteiger partial charge < -0.3 is 20.9 Å². The lowest BCUT2D eigenvalue weighted by atomic mass is 9.71. The normalized spacial score (nSPS) is 22.6. The van der Waals surface area contributed by atoms with Gasteiger partial charge in [-0.25, -0.2) is 15.0 Å². The van der Waals surface area contributed by atoms with Crippen LogP contribution in [0.1, 0.15) is 71.6 Å². The first-order chi connectivity index (χ1) is 18.0. The van der Waals surface area contributed by atoms with Gasteiger partial charge in [0.1, 0.15) is 12.1 Å². The highest BCUT2D eigenvalue weighted by molar-refractivity contribution is 6.00. The molecule has 2 saturated heterocycles. The summed E-state index contributed by atoms with van der Waals surface area (Å²) in [5, 5.41) is 15.3. The SMILES string of the molecule is CC(=O)c1c([C@H]2C[C@@H]3C[C@H](C2)N3C(=O)c2nnc[nH]2)nc2c(-c3cnc(NC4CC4)nc3)cnn2c1N. The van der Waals surface area contributed by atoms with Gasteiger partial charge in [-0.05, 0) is 39.0 Å². The van der Waals surface area contributed by atoms with E-state index < -0.39 is 0 Å². The van der Waals surface area contributed by atoms with Crippen molar-refractivity contribution < 1.29 is 9.59 Å². The molecule has 37 heavy (non-hydrogen) atoms. The van der Waals surface area contributed by atoms with Crippen LogP contribution in [0.5, 0.6) is 0 Å². The third-order valence-corrected chi connectivity index (χ3v) is 7.62. The zero-order valence-corrected chi connectivity index (χ0v) is 20.1. The van der Waals surface area contributed by atoms with Crippen molar-refractivity contribution in [2.75, 3.05) is 11.1 Å². The van der Waals surface area contributed by atoms with Gasteiger partial charge in [-0.15, -0.1) is 10.2 Å². The number of H-pyrrole nitrogens is 1. The van der Waals surface area contributed by atoms with Gasteiger partial charge in [-0.3, -0.25) is 9.59 Å². The highest BCUT2D eigenvalue weighted by Gasteiger charge is 2.49. The van der Waals surface area contributed by atoms with E-state index in [-0.39, 0.29) is 41.3 Å². The lowest BCUT2D eigenvalue weighted by Gasteiger charge is -2.55. The van der Waals surface area contributed by atoms with Crippen molar-refractivity contribution in [1.29, 1.82) is 0 Å². The Morgan fingerprint density at radius 1 is 1.11 bits per heavy atom. The number of aromatic nitrogens is 8. The summed E-state index contributed by atoms with van der Waals surface area (Å²) < 4.78 is 1.51. The molecule has 0 aromatic carbocycles. The molecule has 4 aromatic rings. The summed E-state index contributed by atoms with van der Waals surface area (Å²) in [7, 11) is 0. The van der Waals surface area contributed by atoms with Crippen LogP contribution in [0.2, 0.25) is 0 Å². The Bertz CT molecular complexity index is 1510. The first-order valence-corrected chi connectivity index (χ1v) is 12.4. The molecule has 2 bridgehead atoms. The summed E-state index contributed by atoms with van der Waals surface area (Å²) in [6.45, 7) is 1.50. The second-order valence-electron chi connectivity index (χ2n) is 10.1. The van der Waals surface area contributed by atoms with Crippen LogP contribution in [-0.2, 0) is 0 Å². The van der Waals surface area contributed by atoms with Crippen molar-refractivity contribution in [2.45, 2.75) is 63.1 Å². The lowest BCUT2D eigenvalue weighted by Crippen LogP contribution is -2.62. The van der Waals surface area contributed by atoms with Crippen molar-refractivity contribution in [3.05, 3.63) is 42.0 Å². The van der Waals surface area contributed by atoms with E-state index in [9.17, 15) is 9.59 Å². The summed E-state index contributed by atoms with van der Waals surface area (Å²) in [6.07, 6.45) is 11.1. The quantitative estimate of drug-likeness (QED) is 0.332. The molecule has 188 valence electrons. The molecule has 2 saturated carbocycles. The Morgan fingerprint density at radius 3 is 2.51 bits per heavy atom. The maximum absolute atomic E-state index is 12.9. The van der Waals surface area contributed by atoms with Crippen LogP contribution < -0.4 is 11.1 Å². The predicted molar refractivity (Wildman–Crippen MR) is 132 cm³/mol. The third kappa shape index (κ3) is 3.52. The summed E-state index contributed by atoms with van der Waals surface area (Å²) in [4.78, 5) is 44.1. The zero-order valence-electron chi connectivity index (χ0n) is 20.1. The van der Waals surface area contributed by atoms with Gasteiger partial charge in [-0.1, -0.05) is 0 Å². The third-order valence-electron chi connectivity index (χ3n) is 7.62. The number of hydrogen-bond donors (Lipinski definition) is 3. The maximum atomic E-state index is 12.9. The number of Topliss-reactive ketones (excluding diaryl/α,β-unsaturated/α-hetero) is 1. The fourth-order valence-electron chi connectivity index (χ4n) is 5.71. The molecule has 2 aliphatic carbocycles. The smallest absolute Gasteiger partial charge is 0.292 e. The first-order valence-electron chi connectivity index (χ1n) is 12.4. The molecule has 4 aliphatic rings. The molecule has 6 heterocycles. The van der Waals surface area contributed by atoms with Crippen molar-refractivity contribution >= 4 is 29.1 Å². The molecule has 4 N–H and O–H groups in total. The summed E-state index contributed by atoms with van der Waals surface area (Å²) in [6, 6.07) is 0.551. The number of aromatic amines is 1. The molecule has 0 radical (unpaired) electrons. The van der Waals surface area contributed by atoms with Crippen LogP contribution in [0.15, 0.2) is 24.9 Å². The van der Waals surface area contributed by atoms with Crippen LogP contribution in [0.3, 0.4) is 0 Å². The van der Waals surface area contributed by atoms with Crippen LogP contribution in [0.4, 0.5) is 11.8 Å². The van der Waals surface area contributed by atoms with E-state index >= 15 is 0 Å². The predicted octanol–water partition coefficient (Wildman–Crippen LogP) is 1.82. The van der Waals surface area contributed by atoms with Gasteiger partial charge in [-0.2, -0.15) is 9.61 Å². The maximum Gasteiger partial charge on any atom is 0.292 e. The average Bonchev–Trinajstić information content (AvgIpc) is 3.35. The number of nitrogen functional groups attached to an aromatic ring is 1. The molecule has 4 fully saturated rings. The van der Waals surface area contributed by atoms with Crippen LogP contribution in [-0.4, -0.2) is 74.5 Å². The number of nitrogens with one attached hydrogen (secondary N) is 2. The van der Waals surface area contributed by atoms with Gasteiger partial charge in [0.05, 0.1) is 17.5 Å². The molecular weight excluding hydrogens is 474 g/mol. The zero-order chi connectivity index (χ0) is 25.3. The molecule has 4 aromatic heterocycles. The largest absolute Gasteiger partial charge is 0.383 e. The van der Waals surface area contributed by atoms with Crippen molar-refractivity contribution in [3.63, 3.8) is 0 Å². The average molecular weight is 500 g/mol. The second kappa shape index (κ2) is 8.05. The van der Waals surface area contributed by atoms with E-state index in [0.29, 0.717) is 41.7 Å². The van der Waals surface area contributed by atoms with Crippen molar-refractivity contribution in [2.24, 2.45) is 0 Å². The van der Waals surface area contributed by atoms with E-state index in [0.717, 1.165) is 30.4 Å². The van der Waals surface area contributed by atoms with E-state index in [1.807, 2.05) is 4.90 Å². The highest BCUT2D eigenvalue weighted by Crippen LogP contribution is 2.47. The highest BCUT2D eigenvalue weighted by atomic mass is 16.2. The summed E-state index contributed by atoms with van der Waals surface area (Å²) >= 11 is 0. The Morgan fingerprint density at radius 2 is 1.86 bits per heavy atom. The van der Waals surface area contributed by atoms with E-state index in [4.69, 9.17) is 10.7 Å². The monoisotopic (exact) mass is 499 g/mol. The second-order valence-corrected chi connectivity index (χ2v) is 10.1. The number of carbonyl (C=O) groups is 2. The Labute approximate surface area is 210 Å². The van der Waals surface area contributed by atoms with Crippen LogP contribution in [0.25, 0.3) is 16.8 Å². The van der Waals surface area contributed by atoms with Crippen LogP contribution in [0, 0.1) is 0 Å².